The second-order valence-electron chi connectivity index (χ2n) is 6.45. The molecule has 2 aromatic carbocycles. The fourth-order valence-corrected chi connectivity index (χ4v) is 3.03. The lowest BCUT2D eigenvalue weighted by atomic mass is 9.96. The Labute approximate surface area is 143 Å². The lowest BCUT2D eigenvalue weighted by molar-refractivity contribution is 0.415. The van der Waals surface area contributed by atoms with Crippen LogP contribution in [-0.2, 0) is 0 Å². The van der Waals surface area contributed by atoms with Crippen LogP contribution in [-0.4, -0.2) is 19.4 Å². The molecular weight excluding hydrogens is 298 g/mol. The highest BCUT2D eigenvalue weighted by Gasteiger charge is 2.28. The van der Waals surface area contributed by atoms with Crippen molar-refractivity contribution in [1.82, 2.24) is 0 Å². The summed E-state index contributed by atoms with van der Waals surface area (Å²) < 4.78 is 5.25. The number of benzene rings is 2. The van der Waals surface area contributed by atoms with Crippen LogP contribution in [0.15, 0.2) is 53.6 Å². The van der Waals surface area contributed by atoms with Crippen LogP contribution in [0.1, 0.15) is 43.4 Å². The molecule has 24 heavy (non-hydrogen) atoms. The Bertz CT molecular complexity index is 705. The van der Waals surface area contributed by atoms with Gasteiger partial charge in [0.25, 0.3) is 0 Å². The Morgan fingerprint density at radius 1 is 1.12 bits per heavy atom. The molecule has 0 fully saturated rings. The van der Waals surface area contributed by atoms with Gasteiger partial charge in [-0.3, -0.25) is 5.01 Å². The molecule has 126 valence electrons. The Kier molecular flexibility index (Phi) is 4.86. The first-order valence-electron chi connectivity index (χ1n) is 8.42. The Balaban J connectivity index is 1.90. The standard InChI is InChI=1S/C20H25N3O/c1-14(2)15-4-6-16(7-5-15)20-12-17(13-21)22-23(20)18-8-10-19(24-3)11-9-18/h4-11,14,20H,12-13,21H2,1-3H3. The van der Waals surface area contributed by atoms with Crippen molar-refractivity contribution in [2.24, 2.45) is 10.8 Å². The molecule has 0 spiro atoms. The van der Waals surface area contributed by atoms with Gasteiger partial charge in [-0.25, -0.2) is 0 Å². The number of nitrogens with two attached hydrogens (primary N) is 1. The van der Waals surface area contributed by atoms with Crippen LogP contribution < -0.4 is 15.5 Å². The SMILES string of the molecule is COc1ccc(N2N=C(CN)CC2c2ccc(C(C)C)cc2)cc1. The number of rotatable bonds is 5. The van der Waals surface area contributed by atoms with Gasteiger partial charge in [0, 0.05) is 13.0 Å². The van der Waals surface area contributed by atoms with Gasteiger partial charge < -0.3 is 10.5 Å². The quantitative estimate of drug-likeness (QED) is 0.902. The van der Waals surface area contributed by atoms with Gasteiger partial charge in [0.05, 0.1) is 24.6 Å². The number of hydrogen-bond donors (Lipinski definition) is 1. The molecule has 0 amide bonds. The molecule has 0 saturated heterocycles. The smallest absolute Gasteiger partial charge is 0.119 e. The number of methoxy groups -OCH3 is 1. The lowest BCUT2D eigenvalue weighted by Crippen LogP contribution is -2.18. The van der Waals surface area contributed by atoms with Crippen molar-refractivity contribution >= 4 is 11.4 Å². The van der Waals surface area contributed by atoms with Gasteiger partial charge in [-0.05, 0) is 41.3 Å². The number of hydrogen-bond acceptors (Lipinski definition) is 4. The molecule has 1 aliphatic rings. The largest absolute Gasteiger partial charge is 0.497 e. The highest BCUT2D eigenvalue weighted by molar-refractivity contribution is 5.90. The van der Waals surface area contributed by atoms with Crippen molar-refractivity contribution in [2.75, 3.05) is 18.7 Å². The van der Waals surface area contributed by atoms with E-state index in [1.807, 2.05) is 24.3 Å². The molecule has 2 aromatic rings. The normalized spacial score (nSPS) is 17.3. The fraction of sp³-hybridized carbons (Fsp3) is 0.350. The molecule has 0 radical (unpaired) electrons. The van der Waals surface area contributed by atoms with E-state index in [1.54, 1.807) is 7.11 Å². The van der Waals surface area contributed by atoms with Crippen LogP contribution in [0.4, 0.5) is 5.69 Å². The summed E-state index contributed by atoms with van der Waals surface area (Å²) in [5, 5.41) is 6.81. The molecule has 2 N–H and O–H groups in total. The minimum absolute atomic E-state index is 0.193. The predicted octanol–water partition coefficient (Wildman–Crippen LogP) is 4.08. The number of anilines is 1. The van der Waals surface area contributed by atoms with Gasteiger partial charge in [0.15, 0.2) is 0 Å². The summed E-state index contributed by atoms with van der Waals surface area (Å²) in [7, 11) is 1.68. The maximum atomic E-state index is 5.85. The molecule has 0 saturated carbocycles. The van der Waals surface area contributed by atoms with E-state index in [-0.39, 0.29) is 6.04 Å². The Morgan fingerprint density at radius 3 is 2.33 bits per heavy atom. The molecule has 4 nitrogen and oxygen atoms in total. The number of hydrazone groups is 1. The highest BCUT2D eigenvalue weighted by atomic mass is 16.5. The zero-order valence-corrected chi connectivity index (χ0v) is 14.6. The predicted molar refractivity (Wildman–Crippen MR) is 99.9 cm³/mol. The van der Waals surface area contributed by atoms with E-state index in [9.17, 15) is 0 Å². The summed E-state index contributed by atoms with van der Waals surface area (Å²) in [5.74, 6) is 1.38. The third-order valence-electron chi connectivity index (χ3n) is 4.53. The first-order chi connectivity index (χ1) is 11.6. The molecule has 1 unspecified atom stereocenters. The van der Waals surface area contributed by atoms with E-state index in [1.165, 1.54) is 11.1 Å². The molecule has 1 atom stereocenters. The molecule has 0 aromatic heterocycles. The van der Waals surface area contributed by atoms with E-state index in [2.05, 4.69) is 43.1 Å². The summed E-state index contributed by atoms with van der Waals surface area (Å²) in [6.07, 6.45) is 0.865. The van der Waals surface area contributed by atoms with Crippen molar-refractivity contribution in [3.05, 3.63) is 59.7 Å². The number of ether oxygens (including phenoxy) is 1. The van der Waals surface area contributed by atoms with Crippen LogP contribution in [0.25, 0.3) is 0 Å². The number of nitrogens with zero attached hydrogens (tertiary/aromatic N) is 2. The Morgan fingerprint density at radius 2 is 1.79 bits per heavy atom. The van der Waals surface area contributed by atoms with Gasteiger partial charge >= 0.3 is 0 Å². The third-order valence-corrected chi connectivity index (χ3v) is 4.53. The van der Waals surface area contributed by atoms with Crippen molar-refractivity contribution in [3.8, 4) is 5.75 Å². The topological polar surface area (TPSA) is 50.8 Å². The van der Waals surface area contributed by atoms with Crippen molar-refractivity contribution in [3.63, 3.8) is 0 Å². The maximum absolute atomic E-state index is 5.85. The van der Waals surface area contributed by atoms with E-state index in [4.69, 9.17) is 15.6 Å². The summed E-state index contributed by atoms with van der Waals surface area (Å²) in [5.41, 5.74) is 10.6. The van der Waals surface area contributed by atoms with Gasteiger partial charge in [-0.1, -0.05) is 38.1 Å². The minimum atomic E-state index is 0.193. The van der Waals surface area contributed by atoms with Crippen molar-refractivity contribution < 1.29 is 4.74 Å². The van der Waals surface area contributed by atoms with Crippen LogP contribution in [0, 0.1) is 0 Å². The second kappa shape index (κ2) is 7.05. The monoisotopic (exact) mass is 323 g/mol. The summed E-state index contributed by atoms with van der Waals surface area (Å²) in [6.45, 7) is 4.92. The zero-order valence-electron chi connectivity index (χ0n) is 14.6. The average molecular weight is 323 g/mol. The molecule has 3 rings (SSSR count). The lowest BCUT2D eigenvalue weighted by Gasteiger charge is -2.24. The average Bonchev–Trinajstić information content (AvgIpc) is 3.06. The summed E-state index contributed by atoms with van der Waals surface area (Å²) >= 11 is 0. The van der Waals surface area contributed by atoms with E-state index in [0.29, 0.717) is 12.5 Å². The highest BCUT2D eigenvalue weighted by Crippen LogP contribution is 2.36. The fourth-order valence-electron chi connectivity index (χ4n) is 3.03. The Hall–Kier alpha value is -2.33. The first kappa shape index (κ1) is 16.5. The molecule has 4 heteroatoms. The van der Waals surface area contributed by atoms with E-state index in [0.717, 1.165) is 23.6 Å². The van der Waals surface area contributed by atoms with Gasteiger partial charge in [-0.2, -0.15) is 5.10 Å². The molecular formula is C20H25N3O. The van der Waals surface area contributed by atoms with E-state index >= 15 is 0 Å². The molecule has 1 aliphatic heterocycles. The second-order valence-corrected chi connectivity index (χ2v) is 6.45. The van der Waals surface area contributed by atoms with Crippen LogP contribution in [0.2, 0.25) is 0 Å². The van der Waals surface area contributed by atoms with Crippen molar-refractivity contribution in [1.29, 1.82) is 0 Å². The van der Waals surface area contributed by atoms with Gasteiger partial charge in [0.1, 0.15) is 5.75 Å². The van der Waals surface area contributed by atoms with Crippen molar-refractivity contribution in [2.45, 2.75) is 32.2 Å². The minimum Gasteiger partial charge on any atom is -0.497 e. The molecule has 0 bridgehead atoms. The van der Waals surface area contributed by atoms with E-state index < -0.39 is 0 Å². The summed E-state index contributed by atoms with van der Waals surface area (Å²) in [6, 6.07) is 17.1. The van der Waals surface area contributed by atoms with Gasteiger partial charge in [0.2, 0.25) is 0 Å². The third kappa shape index (κ3) is 3.29. The van der Waals surface area contributed by atoms with Crippen LogP contribution >= 0.6 is 0 Å². The van der Waals surface area contributed by atoms with Gasteiger partial charge in [-0.15, -0.1) is 0 Å². The maximum Gasteiger partial charge on any atom is 0.119 e. The zero-order chi connectivity index (χ0) is 17.1. The molecule has 1 heterocycles. The first-order valence-corrected chi connectivity index (χ1v) is 8.42. The summed E-state index contributed by atoms with van der Waals surface area (Å²) in [4.78, 5) is 0. The molecule has 0 aliphatic carbocycles. The van der Waals surface area contributed by atoms with Crippen LogP contribution in [0.3, 0.4) is 0 Å². The van der Waals surface area contributed by atoms with Crippen LogP contribution in [0.5, 0.6) is 5.75 Å².